The van der Waals surface area contributed by atoms with Crippen molar-refractivity contribution in [3.63, 3.8) is 0 Å². The Morgan fingerprint density at radius 1 is 0.960 bits per heavy atom. The highest BCUT2D eigenvalue weighted by atomic mass is 35.5. The van der Waals surface area contributed by atoms with E-state index in [2.05, 4.69) is 28.7 Å². The van der Waals surface area contributed by atoms with E-state index in [0.717, 1.165) is 18.8 Å². The highest BCUT2D eigenvalue weighted by molar-refractivity contribution is 6.30. The Kier molecular flexibility index (Phi) is 6.58. The fourth-order valence-corrected chi connectivity index (χ4v) is 2.63. The Morgan fingerprint density at radius 3 is 2.00 bits per heavy atom. The van der Waals surface area contributed by atoms with Crippen LogP contribution in [0.4, 0.5) is 22.1 Å². The van der Waals surface area contributed by atoms with Crippen LogP contribution >= 0.6 is 11.6 Å². The minimum Gasteiger partial charge on any atom is -0.341 e. The standard InChI is InChI=1S/C18H24ClN5O/c1-5-23(6-2)17-20-12-16(13-21-17)24(7-3)18(25)22(4)15-10-8-14(19)9-11-15/h8-13H,5-7H2,1-4H3. The first-order valence-corrected chi connectivity index (χ1v) is 8.77. The normalized spacial score (nSPS) is 10.4. The predicted octanol–water partition coefficient (Wildman–Crippen LogP) is 4.06. The van der Waals surface area contributed by atoms with Crippen LogP contribution in [0.15, 0.2) is 36.7 Å². The maximum Gasteiger partial charge on any atom is 0.328 e. The molecule has 0 aliphatic rings. The van der Waals surface area contributed by atoms with Gasteiger partial charge in [0.15, 0.2) is 0 Å². The summed E-state index contributed by atoms with van der Waals surface area (Å²) in [5, 5.41) is 0.636. The van der Waals surface area contributed by atoms with Crippen LogP contribution in [0.2, 0.25) is 5.02 Å². The van der Waals surface area contributed by atoms with Crippen LogP contribution in [-0.4, -0.2) is 42.7 Å². The third kappa shape index (κ3) is 4.39. The molecule has 0 atom stereocenters. The maximum absolute atomic E-state index is 12.8. The second kappa shape index (κ2) is 8.67. The van der Waals surface area contributed by atoms with Crippen LogP contribution in [0.5, 0.6) is 0 Å². The first-order chi connectivity index (χ1) is 12.0. The number of amides is 2. The van der Waals surface area contributed by atoms with Gasteiger partial charge in [0.1, 0.15) is 0 Å². The number of urea groups is 1. The van der Waals surface area contributed by atoms with E-state index in [4.69, 9.17) is 11.6 Å². The van der Waals surface area contributed by atoms with E-state index in [9.17, 15) is 4.79 Å². The van der Waals surface area contributed by atoms with E-state index in [1.165, 1.54) is 0 Å². The van der Waals surface area contributed by atoms with E-state index in [0.29, 0.717) is 23.2 Å². The number of carbonyl (C=O) groups is 1. The number of hydrogen-bond donors (Lipinski definition) is 0. The van der Waals surface area contributed by atoms with Crippen LogP contribution in [0.3, 0.4) is 0 Å². The SMILES string of the molecule is CCN(CC)c1ncc(N(CC)C(=O)N(C)c2ccc(Cl)cc2)cn1. The monoisotopic (exact) mass is 361 g/mol. The van der Waals surface area contributed by atoms with Crippen molar-refractivity contribution in [3.8, 4) is 0 Å². The molecule has 0 N–H and O–H groups in total. The summed E-state index contributed by atoms with van der Waals surface area (Å²) in [6, 6.07) is 7.00. The summed E-state index contributed by atoms with van der Waals surface area (Å²) in [5.74, 6) is 0.670. The number of rotatable bonds is 6. The summed E-state index contributed by atoms with van der Waals surface area (Å²) in [6.07, 6.45) is 3.38. The lowest BCUT2D eigenvalue weighted by atomic mass is 10.3. The van der Waals surface area contributed by atoms with Gasteiger partial charge in [0.25, 0.3) is 0 Å². The molecule has 0 unspecified atom stereocenters. The molecule has 2 amide bonds. The minimum absolute atomic E-state index is 0.149. The molecular weight excluding hydrogens is 338 g/mol. The van der Waals surface area contributed by atoms with E-state index < -0.39 is 0 Å². The molecule has 7 heteroatoms. The quantitative estimate of drug-likeness (QED) is 0.778. The molecule has 0 saturated carbocycles. The predicted molar refractivity (Wildman–Crippen MR) is 104 cm³/mol. The number of anilines is 3. The zero-order chi connectivity index (χ0) is 18.4. The molecule has 1 heterocycles. The molecule has 0 aliphatic carbocycles. The van der Waals surface area contributed by atoms with Gasteiger partial charge in [-0.3, -0.25) is 9.80 Å². The number of benzene rings is 1. The van der Waals surface area contributed by atoms with Gasteiger partial charge in [-0.1, -0.05) is 11.6 Å². The first-order valence-electron chi connectivity index (χ1n) is 8.39. The largest absolute Gasteiger partial charge is 0.341 e. The maximum atomic E-state index is 12.8. The van der Waals surface area contributed by atoms with E-state index >= 15 is 0 Å². The van der Waals surface area contributed by atoms with Crippen molar-refractivity contribution in [3.05, 3.63) is 41.7 Å². The Morgan fingerprint density at radius 2 is 1.52 bits per heavy atom. The van der Waals surface area contributed by atoms with Gasteiger partial charge in [0.05, 0.1) is 18.1 Å². The molecule has 0 spiro atoms. The molecule has 134 valence electrons. The van der Waals surface area contributed by atoms with Gasteiger partial charge in [-0.15, -0.1) is 0 Å². The molecule has 6 nitrogen and oxygen atoms in total. The third-order valence-electron chi connectivity index (χ3n) is 4.03. The van der Waals surface area contributed by atoms with Gasteiger partial charge >= 0.3 is 6.03 Å². The highest BCUT2D eigenvalue weighted by Crippen LogP contribution is 2.21. The average molecular weight is 362 g/mol. The molecular formula is C18H24ClN5O. The zero-order valence-corrected chi connectivity index (χ0v) is 15.9. The summed E-state index contributed by atoms with van der Waals surface area (Å²) in [5.41, 5.74) is 1.44. The van der Waals surface area contributed by atoms with Gasteiger partial charge in [-0.25, -0.2) is 14.8 Å². The molecule has 0 aliphatic heterocycles. The average Bonchev–Trinajstić information content (AvgIpc) is 2.64. The Labute approximate surface area is 154 Å². The van der Waals surface area contributed by atoms with Crippen molar-refractivity contribution in [1.29, 1.82) is 0 Å². The molecule has 25 heavy (non-hydrogen) atoms. The summed E-state index contributed by atoms with van der Waals surface area (Å²) < 4.78 is 0. The Balaban J connectivity index is 2.20. The van der Waals surface area contributed by atoms with E-state index in [1.54, 1.807) is 41.4 Å². The number of carbonyl (C=O) groups excluding carboxylic acids is 1. The number of hydrogen-bond acceptors (Lipinski definition) is 4. The molecule has 0 radical (unpaired) electrons. The third-order valence-corrected chi connectivity index (χ3v) is 4.28. The number of halogens is 1. The summed E-state index contributed by atoms with van der Waals surface area (Å²) in [7, 11) is 1.74. The minimum atomic E-state index is -0.149. The van der Waals surface area contributed by atoms with Crippen molar-refractivity contribution >= 4 is 35.0 Å². The first kappa shape index (κ1) is 19.0. The molecule has 0 bridgehead atoms. The van der Waals surface area contributed by atoms with Crippen LogP contribution in [-0.2, 0) is 0 Å². The smallest absolute Gasteiger partial charge is 0.328 e. The molecule has 0 saturated heterocycles. The van der Waals surface area contributed by atoms with Crippen molar-refractivity contribution in [2.24, 2.45) is 0 Å². The van der Waals surface area contributed by atoms with Crippen molar-refractivity contribution in [2.45, 2.75) is 20.8 Å². The van der Waals surface area contributed by atoms with E-state index in [1.807, 2.05) is 19.1 Å². The van der Waals surface area contributed by atoms with Crippen LogP contribution < -0.4 is 14.7 Å². The van der Waals surface area contributed by atoms with Crippen molar-refractivity contribution in [1.82, 2.24) is 9.97 Å². The van der Waals surface area contributed by atoms with Crippen LogP contribution in [0.1, 0.15) is 20.8 Å². The lowest BCUT2D eigenvalue weighted by Crippen LogP contribution is -2.41. The van der Waals surface area contributed by atoms with Gasteiger partial charge in [-0.05, 0) is 45.0 Å². The lowest BCUT2D eigenvalue weighted by Gasteiger charge is -2.27. The van der Waals surface area contributed by atoms with Crippen molar-refractivity contribution in [2.75, 3.05) is 41.4 Å². The molecule has 2 aromatic rings. The summed E-state index contributed by atoms with van der Waals surface area (Å²) in [4.78, 5) is 26.9. The fourth-order valence-electron chi connectivity index (χ4n) is 2.51. The number of aromatic nitrogens is 2. The van der Waals surface area contributed by atoms with Crippen LogP contribution in [0.25, 0.3) is 0 Å². The van der Waals surface area contributed by atoms with E-state index in [-0.39, 0.29) is 6.03 Å². The Hall–Kier alpha value is -2.34. The molecule has 1 aromatic heterocycles. The highest BCUT2D eigenvalue weighted by Gasteiger charge is 2.20. The number of nitrogens with zero attached hydrogens (tertiary/aromatic N) is 5. The topological polar surface area (TPSA) is 52.6 Å². The summed E-state index contributed by atoms with van der Waals surface area (Å²) >= 11 is 5.91. The van der Waals surface area contributed by atoms with Crippen molar-refractivity contribution < 1.29 is 4.79 Å². The lowest BCUT2D eigenvalue weighted by molar-refractivity contribution is 0.253. The Bertz CT molecular complexity index is 686. The van der Waals surface area contributed by atoms with Gasteiger partial charge in [0.2, 0.25) is 5.95 Å². The van der Waals surface area contributed by atoms with Gasteiger partial charge in [-0.2, -0.15) is 0 Å². The fraction of sp³-hybridized carbons (Fsp3) is 0.389. The molecule has 0 fully saturated rings. The zero-order valence-electron chi connectivity index (χ0n) is 15.1. The summed E-state index contributed by atoms with van der Waals surface area (Å²) in [6.45, 7) is 8.24. The second-order valence-electron chi connectivity index (χ2n) is 5.48. The second-order valence-corrected chi connectivity index (χ2v) is 5.91. The van der Waals surface area contributed by atoms with Crippen LogP contribution in [0, 0.1) is 0 Å². The molecule has 1 aromatic carbocycles. The van der Waals surface area contributed by atoms with Gasteiger partial charge in [0, 0.05) is 37.4 Å². The van der Waals surface area contributed by atoms with Gasteiger partial charge < -0.3 is 4.90 Å². The molecule has 2 rings (SSSR count).